The van der Waals surface area contributed by atoms with Crippen molar-refractivity contribution in [3.05, 3.63) is 82.1 Å². The van der Waals surface area contributed by atoms with E-state index in [0.717, 1.165) is 5.56 Å². The lowest BCUT2D eigenvalue weighted by molar-refractivity contribution is -0.169. The Balaban J connectivity index is 1.69. The first kappa shape index (κ1) is 27.9. The number of primary amides is 1. The van der Waals surface area contributed by atoms with Crippen molar-refractivity contribution in [1.29, 1.82) is 0 Å². The standard InChI is InChI=1S/C29H30N2O8S/c1-31(2)22-21-24(34)18-15(12-40-11-13-7-4-3-5-8-13)14-9-6-10-16(32)17(14)23(33)19(18)26(36)29(21,39)27(37)20(25(22)35)28(30)38/h3-10,15,18,21-22,24,32-34,37,39H,11-12H2,1-2H3,(H2,30,38)/t15-,18+,21+,22+,24+,29+/m0/s1. The fourth-order valence-corrected chi connectivity index (χ4v) is 7.66. The van der Waals surface area contributed by atoms with E-state index in [1.807, 2.05) is 30.3 Å². The van der Waals surface area contributed by atoms with Crippen LogP contribution < -0.4 is 5.73 Å². The number of hydrogen-bond acceptors (Lipinski definition) is 10. The highest BCUT2D eigenvalue weighted by Gasteiger charge is 2.68. The number of phenolic OH excluding ortho intramolecular Hbond substituents is 1. The Kier molecular flexibility index (Phi) is 7.03. The summed E-state index contributed by atoms with van der Waals surface area (Å²) in [5, 5.41) is 56.8. The summed E-state index contributed by atoms with van der Waals surface area (Å²) in [6.07, 6.45) is -1.63. The van der Waals surface area contributed by atoms with E-state index in [1.54, 1.807) is 12.1 Å². The van der Waals surface area contributed by atoms with Crippen molar-refractivity contribution in [2.24, 2.45) is 17.6 Å². The Morgan fingerprint density at radius 2 is 1.73 bits per heavy atom. The van der Waals surface area contributed by atoms with Crippen LogP contribution in [0.5, 0.6) is 5.75 Å². The molecule has 3 aliphatic rings. The van der Waals surface area contributed by atoms with Gasteiger partial charge in [-0.05, 0) is 31.3 Å². The fraction of sp³-hybridized carbons (Fsp3) is 0.345. The average Bonchev–Trinajstić information content (AvgIpc) is 2.90. The molecule has 0 heterocycles. The third kappa shape index (κ3) is 3.95. The summed E-state index contributed by atoms with van der Waals surface area (Å²) in [5.74, 6) is -8.04. The minimum absolute atomic E-state index is 0.0173. The third-order valence-electron chi connectivity index (χ3n) is 8.21. The van der Waals surface area contributed by atoms with Crippen molar-refractivity contribution < 1.29 is 39.9 Å². The second-order valence-electron chi connectivity index (χ2n) is 10.6. The molecule has 3 aliphatic carbocycles. The molecular formula is C29H30N2O8S. The summed E-state index contributed by atoms with van der Waals surface area (Å²) in [4.78, 5) is 41.0. The van der Waals surface area contributed by atoms with Gasteiger partial charge < -0.3 is 31.3 Å². The SMILES string of the molecule is CN(C)[C@H]1C(=O)C(C(N)=O)=C(O)[C@]2(O)C(=O)C3=C(O)c4c(O)cccc4[C@H](CSCc4ccccc4)[C@H]3[C@@H](O)[C@@H]12. The van der Waals surface area contributed by atoms with Crippen LogP contribution in [-0.4, -0.2) is 85.5 Å². The van der Waals surface area contributed by atoms with E-state index in [2.05, 4.69) is 0 Å². The van der Waals surface area contributed by atoms with Crippen molar-refractivity contribution in [1.82, 2.24) is 4.90 Å². The predicted octanol–water partition coefficient (Wildman–Crippen LogP) is 1.41. The number of Topliss-reactive ketones (excluding diaryl/α,β-unsaturated/α-hetero) is 2. The molecule has 5 rings (SSSR count). The van der Waals surface area contributed by atoms with Gasteiger partial charge in [0.05, 0.1) is 23.6 Å². The lowest BCUT2D eigenvalue weighted by Crippen LogP contribution is -2.70. The van der Waals surface area contributed by atoms with Crippen LogP contribution >= 0.6 is 11.8 Å². The van der Waals surface area contributed by atoms with Crippen LogP contribution in [0.4, 0.5) is 0 Å². The van der Waals surface area contributed by atoms with Gasteiger partial charge in [0.1, 0.15) is 22.8 Å². The largest absolute Gasteiger partial charge is 0.508 e. The first-order valence-corrected chi connectivity index (χ1v) is 13.8. The quantitative estimate of drug-likeness (QED) is 0.280. The molecule has 1 saturated carbocycles. The number of thioether (sulfide) groups is 1. The van der Waals surface area contributed by atoms with Gasteiger partial charge in [0.2, 0.25) is 5.78 Å². The number of ketones is 2. The molecule has 0 aromatic heterocycles. The number of aliphatic hydroxyl groups is 4. The molecule has 1 fully saturated rings. The maximum Gasteiger partial charge on any atom is 0.255 e. The van der Waals surface area contributed by atoms with Gasteiger partial charge in [0.15, 0.2) is 11.4 Å². The first-order valence-electron chi connectivity index (χ1n) is 12.7. The van der Waals surface area contributed by atoms with Crippen molar-refractivity contribution in [3.63, 3.8) is 0 Å². The molecule has 40 heavy (non-hydrogen) atoms. The molecule has 7 N–H and O–H groups in total. The van der Waals surface area contributed by atoms with E-state index in [0.29, 0.717) is 17.1 Å². The zero-order chi connectivity index (χ0) is 29.1. The fourth-order valence-electron chi connectivity index (χ4n) is 6.47. The second-order valence-corrected chi connectivity index (χ2v) is 11.6. The zero-order valence-corrected chi connectivity index (χ0v) is 22.6. The van der Waals surface area contributed by atoms with E-state index in [4.69, 9.17) is 5.73 Å². The summed E-state index contributed by atoms with van der Waals surface area (Å²) in [6, 6.07) is 12.9. The molecule has 2 aromatic rings. The Morgan fingerprint density at radius 1 is 1.05 bits per heavy atom. The number of benzene rings is 2. The van der Waals surface area contributed by atoms with E-state index >= 15 is 0 Å². The Hall–Kier alpha value is -3.64. The van der Waals surface area contributed by atoms with E-state index in [9.17, 15) is 39.9 Å². The molecule has 2 aromatic carbocycles. The van der Waals surface area contributed by atoms with Crippen LogP contribution in [0.3, 0.4) is 0 Å². The number of hydrogen-bond donors (Lipinski definition) is 6. The van der Waals surface area contributed by atoms with Gasteiger partial charge in [0, 0.05) is 28.9 Å². The number of carbonyl (C=O) groups is 3. The van der Waals surface area contributed by atoms with E-state index in [1.165, 1.54) is 36.8 Å². The van der Waals surface area contributed by atoms with Gasteiger partial charge in [0.25, 0.3) is 5.91 Å². The number of carbonyl (C=O) groups excluding carboxylic acids is 3. The topological polar surface area (TPSA) is 182 Å². The average molecular weight is 567 g/mol. The Bertz CT molecular complexity index is 1470. The molecular weight excluding hydrogens is 536 g/mol. The molecule has 0 unspecified atom stereocenters. The maximum atomic E-state index is 14.1. The predicted molar refractivity (Wildman–Crippen MR) is 147 cm³/mol. The molecule has 6 atom stereocenters. The van der Waals surface area contributed by atoms with Crippen LogP contribution in [0.1, 0.15) is 22.6 Å². The summed E-state index contributed by atoms with van der Waals surface area (Å²) < 4.78 is 0. The Labute approximate surface area is 234 Å². The van der Waals surface area contributed by atoms with Crippen molar-refractivity contribution in [2.75, 3.05) is 19.8 Å². The number of fused-ring (bicyclic) bond motifs is 3. The highest BCUT2D eigenvalue weighted by molar-refractivity contribution is 7.98. The molecule has 0 saturated heterocycles. The first-order chi connectivity index (χ1) is 18.9. The number of nitrogens with zero attached hydrogens (tertiary/aromatic N) is 1. The molecule has 210 valence electrons. The lowest BCUT2D eigenvalue weighted by atomic mass is 9.54. The maximum absolute atomic E-state index is 14.1. The number of rotatable bonds is 6. The van der Waals surface area contributed by atoms with Gasteiger partial charge in [-0.15, -0.1) is 0 Å². The number of aromatic hydroxyl groups is 1. The summed E-state index contributed by atoms with van der Waals surface area (Å²) in [5.41, 5.74) is 2.61. The van der Waals surface area contributed by atoms with E-state index in [-0.39, 0.29) is 11.3 Å². The molecule has 0 radical (unpaired) electrons. The number of likely N-dealkylation sites (N-methyl/N-ethyl adjacent to an activating group) is 1. The number of amides is 1. The molecule has 10 nitrogen and oxygen atoms in total. The van der Waals surface area contributed by atoms with Gasteiger partial charge in [-0.1, -0.05) is 42.5 Å². The summed E-state index contributed by atoms with van der Waals surface area (Å²) in [7, 11) is 2.96. The van der Waals surface area contributed by atoms with Crippen molar-refractivity contribution in [3.8, 4) is 5.75 Å². The minimum atomic E-state index is -2.93. The van der Waals surface area contributed by atoms with Gasteiger partial charge in [-0.3, -0.25) is 19.3 Å². The normalized spacial score (nSPS) is 29.8. The number of aliphatic hydroxyl groups excluding tert-OH is 3. The van der Waals surface area contributed by atoms with Gasteiger partial charge >= 0.3 is 0 Å². The van der Waals surface area contributed by atoms with Crippen LogP contribution in [0.25, 0.3) is 5.76 Å². The van der Waals surface area contributed by atoms with Gasteiger partial charge in [-0.2, -0.15) is 11.8 Å². The smallest absolute Gasteiger partial charge is 0.255 e. The summed E-state index contributed by atoms with van der Waals surface area (Å²) in [6.45, 7) is 0. The van der Waals surface area contributed by atoms with Crippen LogP contribution in [0.15, 0.2) is 65.4 Å². The number of nitrogens with two attached hydrogens (primary N) is 1. The van der Waals surface area contributed by atoms with Crippen LogP contribution in [0.2, 0.25) is 0 Å². The van der Waals surface area contributed by atoms with Crippen molar-refractivity contribution in [2.45, 2.75) is 29.4 Å². The molecule has 11 heteroatoms. The molecule has 0 bridgehead atoms. The molecule has 0 spiro atoms. The second kappa shape index (κ2) is 10.1. The van der Waals surface area contributed by atoms with Crippen LogP contribution in [0, 0.1) is 11.8 Å². The van der Waals surface area contributed by atoms with Gasteiger partial charge in [-0.25, -0.2) is 0 Å². The van der Waals surface area contributed by atoms with Crippen molar-refractivity contribution >= 4 is 35.0 Å². The van der Waals surface area contributed by atoms with Crippen LogP contribution in [-0.2, 0) is 20.1 Å². The molecule has 1 amide bonds. The third-order valence-corrected chi connectivity index (χ3v) is 9.34. The number of phenols is 1. The lowest BCUT2D eigenvalue weighted by Gasteiger charge is -2.54. The Morgan fingerprint density at radius 3 is 2.35 bits per heavy atom. The highest BCUT2D eigenvalue weighted by Crippen LogP contribution is 2.56. The van der Waals surface area contributed by atoms with E-state index < -0.39 is 75.6 Å². The minimum Gasteiger partial charge on any atom is -0.508 e. The highest BCUT2D eigenvalue weighted by atomic mass is 32.2. The summed E-state index contributed by atoms with van der Waals surface area (Å²) >= 11 is 1.52. The monoisotopic (exact) mass is 566 g/mol. The zero-order valence-electron chi connectivity index (χ0n) is 21.8. The molecule has 0 aliphatic heterocycles.